The quantitative estimate of drug-likeness (QED) is 0.0962. The Bertz CT molecular complexity index is 1930. The topological polar surface area (TPSA) is 87.3 Å². The van der Waals surface area contributed by atoms with E-state index < -0.39 is 17.1 Å². The maximum Gasteiger partial charge on any atom is 0.272 e. The molecule has 0 fully saturated rings. The Kier molecular flexibility index (Phi) is 11.5. The minimum Gasteiger partial charge on any atom is -0.325 e. The summed E-state index contributed by atoms with van der Waals surface area (Å²) in [5.74, 6) is -0.722. The molecular formula is C40H36ClN3O3S. The van der Waals surface area contributed by atoms with E-state index in [0.717, 1.165) is 21.6 Å². The number of rotatable bonds is 11. The van der Waals surface area contributed by atoms with Crippen molar-refractivity contribution in [2.45, 2.75) is 36.8 Å². The number of benzene rings is 5. The summed E-state index contributed by atoms with van der Waals surface area (Å²) in [6, 6.07) is 38.8. The molecule has 6 nitrogen and oxygen atoms in total. The molecule has 5 aromatic carbocycles. The number of thioether (sulfide) groups is 1. The van der Waals surface area contributed by atoms with Crippen LogP contribution in [0, 0.1) is 6.92 Å². The second-order valence-electron chi connectivity index (χ2n) is 11.5. The first-order valence-electron chi connectivity index (χ1n) is 15.5. The molecule has 3 amide bonds. The zero-order valence-electron chi connectivity index (χ0n) is 26.9. The van der Waals surface area contributed by atoms with Crippen LogP contribution in [0.15, 0.2) is 138 Å². The summed E-state index contributed by atoms with van der Waals surface area (Å²) in [7, 11) is 0. The van der Waals surface area contributed by atoms with Crippen LogP contribution in [0.1, 0.15) is 57.6 Å². The molecular weight excluding hydrogens is 638 g/mol. The van der Waals surface area contributed by atoms with E-state index >= 15 is 0 Å². The van der Waals surface area contributed by atoms with Gasteiger partial charge < -0.3 is 16.0 Å². The maximum absolute atomic E-state index is 13.7. The molecule has 0 heterocycles. The van der Waals surface area contributed by atoms with E-state index in [-0.39, 0.29) is 11.6 Å². The Labute approximate surface area is 290 Å². The van der Waals surface area contributed by atoms with Gasteiger partial charge in [-0.05, 0) is 83.6 Å². The highest BCUT2D eigenvalue weighted by Gasteiger charge is 2.23. The molecule has 8 heteroatoms. The van der Waals surface area contributed by atoms with Gasteiger partial charge >= 0.3 is 0 Å². The van der Waals surface area contributed by atoms with E-state index in [0.29, 0.717) is 27.9 Å². The maximum atomic E-state index is 13.7. The molecule has 1 unspecified atom stereocenters. The van der Waals surface area contributed by atoms with Crippen LogP contribution in [0.5, 0.6) is 0 Å². The highest BCUT2D eigenvalue weighted by Crippen LogP contribution is 2.37. The first-order valence-corrected chi connectivity index (χ1v) is 16.8. The van der Waals surface area contributed by atoms with Gasteiger partial charge in [0.25, 0.3) is 11.8 Å². The van der Waals surface area contributed by atoms with Gasteiger partial charge in [-0.3, -0.25) is 14.4 Å². The number of halogens is 1. The number of carbonyl (C=O) groups is 3. The molecule has 3 N–H and O–H groups in total. The van der Waals surface area contributed by atoms with Crippen molar-refractivity contribution in [2.75, 3.05) is 10.6 Å². The molecule has 48 heavy (non-hydrogen) atoms. The summed E-state index contributed by atoms with van der Waals surface area (Å²) < 4.78 is 0. The zero-order valence-corrected chi connectivity index (χ0v) is 28.4. The lowest BCUT2D eigenvalue weighted by Crippen LogP contribution is -2.30. The fourth-order valence-corrected chi connectivity index (χ4v) is 6.15. The Morgan fingerprint density at radius 3 is 2.10 bits per heavy atom. The largest absolute Gasteiger partial charge is 0.325 e. The molecule has 0 spiro atoms. The predicted octanol–water partition coefficient (Wildman–Crippen LogP) is 9.65. The number of anilines is 2. The molecule has 5 aromatic rings. The molecule has 0 bridgehead atoms. The van der Waals surface area contributed by atoms with Gasteiger partial charge in [-0.1, -0.05) is 110 Å². The Morgan fingerprint density at radius 2 is 1.42 bits per heavy atom. The van der Waals surface area contributed by atoms with Gasteiger partial charge in [0.2, 0.25) is 5.91 Å². The van der Waals surface area contributed by atoms with Crippen LogP contribution in [0.25, 0.3) is 6.08 Å². The van der Waals surface area contributed by atoms with Crippen LogP contribution in [0.4, 0.5) is 11.4 Å². The van der Waals surface area contributed by atoms with Gasteiger partial charge in [-0.15, -0.1) is 11.8 Å². The van der Waals surface area contributed by atoms with Crippen LogP contribution in [0.2, 0.25) is 5.02 Å². The Hall–Kier alpha value is -5.11. The number of aryl methyl sites for hydroxylation is 1. The molecule has 242 valence electrons. The third-order valence-corrected chi connectivity index (χ3v) is 9.07. The van der Waals surface area contributed by atoms with Crippen LogP contribution in [-0.4, -0.2) is 17.7 Å². The number of amides is 3. The number of carbonyl (C=O) groups excluding carboxylic acids is 3. The lowest BCUT2D eigenvalue weighted by molar-refractivity contribution is -0.116. The van der Waals surface area contributed by atoms with Gasteiger partial charge in [-0.25, -0.2) is 0 Å². The van der Waals surface area contributed by atoms with E-state index in [2.05, 4.69) is 29.8 Å². The number of hydrogen-bond acceptors (Lipinski definition) is 4. The second kappa shape index (κ2) is 16.1. The normalized spacial score (nSPS) is 11.9. The van der Waals surface area contributed by atoms with Crippen LogP contribution in [-0.2, 0) is 9.59 Å². The van der Waals surface area contributed by atoms with Crippen LogP contribution >= 0.6 is 23.4 Å². The monoisotopic (exact) mass is 673 g/mol. The standard InChI is InChI=1S/C40H36ClN3O3S/c1-26(2)29-20-18-28(19-21-29)23-36(44-38(45)31-13-8-5-9-14-31)39(46)42-33-15-10-16-34(25-33)48-37(30-11-6-4-7-12-30)40(47)43-35-24-32(41)22-17-27(35)3/h4-26,37H,1-3H3,(H,42,46)(H,43,47)(H,44,45)/b36-23+. The molecule has 0 radical (unpaired) electrons. The summed E-state index contributed by atoms with van der Waals surface area (Å²) >= 11 is 7.57. The number of hydrogen-bond donors (Lipinski definition) is 3. The molecule has 5 rings (SSSR count). The van der Waals surface area contributed by atoms with Gasteiger partial charge in [0, 0.05) is 26.9 Å². The molecule has 0 saturated carbocycles. The van der Waals surface area contributed by atoms with Crippen LogP contribution < -0.4 is 16.0 Å². The predicted molar refractivity (Wildman–Crippen MR) is 197 cm³/mol. The summed E-state index contributed by atoms with van der Waals surface area (Å²) in [4.78, 5) is 41.3. The highest BCUT2D eigenvalue weighted by molar-refractivity contribution is 8.00. The highest BCUT2D eigenvalue weighted by atomic mass is 35.5. The average molecular weight is 674 g/mol. The first kappa shape index (κ1) is 34.2. The molecule has 1 atom stereocenters. The lowest BCUT2D eigenvalue weighted by atomic mass is 10.0. The Balaban J connectivity index is 1.39. The second-order valence-corrected chi connectivity index (χ2v) is 13.2. The molecule has 0 saturated heterocycles. The van der Waals surface area contributed by atoms with E-state index in [1.165, 1.54) is 17.3 Å². The summed E-state index contributed by atoms with van der Waals surface area (Å²) in [6.07, 6.45) is 1.66. The third-order valence-electron chi connectivity index (χ3n) is 7.59. The van der Waals surface area contributed by atoms with Gasteiger partial charge in [0.1, 0.15) is 10.9 Å². The zero-order chi connectivity index (χ0) is 34.0. The third kappa shape index (κ3) is 9.25. The molecule has 0 aromatic heterocycles. The van der Waals surface area contributed by atoms with E-state index in [1.807, 2.05) is 91.9 Å². The van der Waals surface area contributed by atoms with Crippen molar-refractivity contribution in [2.24, 2.45) is 0 Å². The van der Waals surface area contributed by atoms with Crippen molar-refractivity contribution in [1.82, 2.24) is 5.32 Å². The van der Waals surface area contributed by atoms with Crippen molar-refractivity contribution in [3.05, 3.63) is 166 Å². The van der Waals surface area contributed by atoms with Gasteiger partial charge in [0.05, 0.1) is 0 Å². The lowest BCUT2D eigenvalue weighted by Gasteiger charge is -2.19. The molecule has 0 aliphatic carbocycles. The fourth-order valence-electron chi connectivity index (χ4n) is 4.90. The summed E-state index contributed by atoms with van der Waals surface area (Å²) in [5, 5.41) is 8.70. The first-order chi connectivity index (χ1) is 23.2. The van der Waals surface area contributed by atoms with Gasteiger partial charge in [-0.2, -0.15) is 0 Å². The van der Waals surface area contributed by atoms with Crippen molar-refractivity contribution in [1.29, 1.82) is 0 Å². The fraction of sp³-hybridized carbons (Fsp3) is 0.125. The smallest absolute Gasteiger partial charge is 0.272 e. The van der Waals surface area contributed by atoms with Crippen molar-refractivity contribution in [3.8, 4) is 0 Å². The van der Waals surface area contributed by atoms with Crippen LogP contribution in [0.3, 0.4) is 0 Å². The average Bonchev–Trinajstić information content (AvgIpc) is 3.09. The minimum absolute atomic E-state index is 0.0950. The summed E-state index contributed by atoms with van der Waals surface area (Å²) in [6.45, 7) is 6.14. The molecule has 0 aliphatic heterocycles. The van der Waals surface area contributed by atoms with Crippen molar-refractivity contribution in [3.63, 3.8) is 0 Å². The van der Waals surface area contributed by atoms with Crippen molar-refractivity contribution < 1.29 is 14.4 Å². The molecule has 0 aliphatic rings. The number of nitrogens with one attached hydrogen (secondary N) is 3. The van der Waals surface area contributed by atoms with Gasteiger partial charge in [0.15, 0.2) is 0 Å². The summed E-state index contributed by atoms with van der Waals surface area (Å²) in [5.41, 5.74) is 5.35. The SMILES string of the molecule is Cc1ccc(Cl)cc1NC(=O)C(Sc1cccc(NC(=O)/C(=C\c2ccc(C(C)C)cc2)NC(=O)c2ccccc2)c1)c1ccccc1. The van der Waals surface area contributed by atoms with E-state index in [9.17, 15) is 14.4 Å². The van der Waals surface area contributed by atoms with Crippen molar-refractivity contribution >= 4 is 58.5 Å². The Morgan fingerprint density at radius 1 is 0.729 bits per heavy atom. The minimum atomic E-state index is -0.593. The van der Waals surface area contributed by atoms with E-state index in [1.54, 1.807) is 48.5 Å². The van der Waals surface area contributed by atoms with E-state index in [4.69, 9.17) is 11.6 Å².